The monoisotopic (exact) mass is 851 g/mol. The number of aryl methyl sites for hydroxylation is 2. The van der Waals surface area contributed by atoms with E-state index in [0.29, 0.717) is 11.5 Å². The van der Waals surface area contributed by atoms with Crippen LogP contribution < -0.4 is 34.7 Å². The Hall–Kier alpha value is -6.54. The summed E-state index contributed by atoms with van der Waals surface area (Å²) in [6.07, 6.45) is 2.56. The first kappa shape index (κ1) is 41.2. The maximum absolute atomic E-state index is 5.63. The van der Waals surface area contributed by atoms with Gasteiger partial charge in [-0.25, -0.2) is 0 Å². The van der Waals surface area contributed by atoms with Crippen LogP contribution in [0.3, 0.4) is 0 Å². The van der Waals surface area contributed by atoms with Crippen LogP contribution in [0.1, 0.15) is 86.2 Å². The van der Waals surface area contributed by atoms with Gasteiger partial charge in [-0.05, 0) is 114 Å². The van der Waals surface area contributed by atoms with Gasteiger partial charge in [0.2, 0.25) is 0 Å². The van der Waals surface area contributed by atoms with Gasteiger partial charge in [-0.3, -0.25) is 0 Å². The van der Waals surface area contributed by atoms with Crippen LogP contribution in [-0.2, 0) is 24.2 Å². The van der Waals surface area contributed by atoms with Crippen molar-refractivity contribution < 1.29 is 33.7 Å². The van der Waals surface area contributed by atoms with Gasteiger partial charge in [-0.2, -0.15) is 0 Å². The van der Waals surface area contributed by atoms with Gasteiger partial charge in [0, 0.05) is 165 Å². The van der Waals surface area contributed by atoms with Crippen molar-refractivity contribution in [3.63, 3.8) is 0 Å². The normalized spacial score (nSPS) is 13.3. The number of hydrogen-bond donors (Lipinski definition) is 1. The smallest absolute Gasteiger partial charge is 0.124 e. The molecule has 0 aliphatic carbocycles. The average molecular weight is 853 g/mol. The Morgan fingerprint density at radius 3 is 1.18 bits per heavy atom. The Balaban J connectivity index is 0.000000800. The van der Waals surface area contributed by atoms with Crippen LogP contribution in [0.15, 0.2) is 146 Å². The van der Waals surface area contributed by atoms with Crippen molar-refractivity contribution in [2.75, 3.05) is 32.8 Å². The Morgan fingerprint density at radius 1 is 0.459 bits per heavy atom. The molecule has 1 fully saturated rings. The largest absolute Gasteiger partial charge is 0.628 e. The summed E-state index contributed by atoms with van der Waals surface area (Å²) in [5.74, 6) is 4.15. The van der Waals surface area contributed by atoms with E-state index in [4.69, 9.17) is 34.1 Å². The molecule has 8 nitrogen and oxygen atoms in total. The van der Waals surface area contributed by atoms with E-state index in [1.165, 1.54) is 24.0 Å². The number of aromatic nitrogens is 4. The van der Waals surface area contributed by atoms with E-state index in [9.17, 15) is 0 Å². The summed E-state index contributed by atoms with van der Waals surface area (Å²) >= 11 is 0. The zero-order chi connectivity index (χ0) is 41.0. The first-order valence-corrected chi connectivity index (χ1v) is 20.3. The Bertz CT molecular complexity index is 2480. The second-order valence-electron chi connectivity index (χ2n) is 15.0. The summed E-state index contributed by atoms with van der Waals surface area (Å²) in [5, 5.41) is 3.65. The zero-order valence-corrected chi connectivity index (χ0v) is 37.9. The topological polar surface area (TPSA) is 96.1 Å². The maximum atomic E-state index is 5.63. The molecule has 0 saturated carbocycles. The SMILES string of the molecule is C1CCOC1.COc1cc(N[C+]2c3ccc([n-]3)[C+](c3ccc(C)cc3)c3ccc([n-]3)[C+](c3ccccc3)c3ccc([n-]3)[C+](c3ccc(C)cc3)c3ccc2[n-]3)cc(OC)c1.[Zn]. The van der Waals surface area contributed by atoms with Crippen molar-refractivity contribution in [2.45, 2.75) is 26.7 Å². The molecule has 1 saturated heterocycles. The maximum Gasteiger partial charge on any atom is 0.124 e. The van der Waals surface area contributed by atoms with E-state index >= 15 is 0 Å². The van der Waals surface area contributed by atoms with Crippen molar-refractivity contribution in [1.29, 1.82) is 0 Å². The van der Waals surface area contributed by atoms with E-state index < -0.39 is 0 Å². The molecule has 61 heavy (non-hydrogen) atoms. The van der Waals surface area contributed by atoms with Gasteiger partial charge >= 0.3 is 0 Å². The third kappa shape index (κ3) is 8.85. The molecule has 2 aliphatic heterocycles. The van der Waals surface area contributed by atoms with Crippen molar-refractivity contribution in [3.8, 4) is 11.5 Å². The predicted octanol–water partition coefficient (Wildman–Crippen LogP) is 9.36. The number of hydrogen-bond acceptors (Lipinski definition) is 4. The summed E-state index contributed by atoms with van der Waals surface area (Å²) < 4.78 is 16.2. The fraction of sp³-hybridized carbons (Fsp3) is 0.154. The number of benzene rings is 4. The quantitative estimate of drug-likeness (QED) is 0.125. The van der Waals surface area contributed by atoms with Crippen molar-refractivity contribution in [3.05, 3.63) is 243 Å². The molecule has 8 aromatic rings. The van der Waals surface area contributed by atoms with Gasteiger partial charge in [-0.15, -0.1) is 0 Å². The molecule has 4 aromatic carbocycles. The van der Waals surface area contributed by atoms with Gasteiger partial charge in [0.25, 0.3) is 0 Å². The van der Waals surface area contributed by atoms with Crippen molar-refractivity contribution in [1.82, 2.24) is 19.9 Å². The van der Waals surface area contributed by atoms with E-state index in [-0.39, 0.29) is 19.5 Å². The van der Waals surface area contributed by atoms with Crippen LogP contribution in [-0.4, -0.2) is 27.4 Å². The molecule has 4 aromatic heterocycles. The minimum atomic E-state index is 0. The molecule has 0 atom stereocenters. The summed E-state index contributed by atoms with van der Waals surface area (Å²) in [4.78, 5) is 21.3. The fourth-order valence-electron chi connectivity index (χ4n) is 7.68. The van der Waals surface area contributed by atoms with E-state index in [0.717, 1.165) is 105 Å². The summed E-state index contributed by atoms with van der Waals surface area (Å²) in [6.45, 7) is 6.19. The molecule has 0 unspecified atom stereocenters. The second kappa shape index (κ2) is 18.4. The van der Waals surface area contributed by atoms with Gasteiger partial charge in [-0.1, -0.05) is 0 Å². The third-order valence-corrected chi connectivity index (χ3v) is 10.8. The number of rotatable bonds is 7. The minimum Gasteiger partial charge on any atom is -0.628 e. The molecule has 2 aliphatic rings. The third-order valence-electron chi connectivity index (χ3n) is 10.8. The second-order valence-corrected chi connectivity index (χ2v) is 15.0. The number of nitrogens with zero attached hydrogens (tertiary/aromatic N) is 4. The standard InChI is InChI=1S/C48H37N5O2.C4H8O.Zn/c1-29-10-14-32(15-11-29)46-39-20-18-37(50-39)45(31-8-6-5-7-9-31)38-19-21-40(51-38)47(33-16-12-30(2)13-17-33)42-23-25-44(53-42)48(43-24-22-41(46)52-43)49-34-26-35(54-3)28-36(27-34)55-4;1-2-4-5-3-1;/h5-28,49H,1-4H3;1-4H2;. The van der Waals surface area contributed by atoms with Crippen molar-refractivity contribution >= 4 is 5.69 Å². The number of anilines is 1. The summed E-state index contributed by atoms with van der Waals surface area (Å²) in [6, 6.07) is 50.4. The predicted molar refractivity (Wildman–Crippen MR) is 234 cm³/mol. The Morgan fingerprint density at radius 2 is 0.820 bits per heavy atom. The van der Waals surface area contributed by atoms with Crippen molar-refractivity contribution in [2.24, 2.45) is 0 Å². The van der Waals surface area contributed by atoms with Crippen LogP contribution >= 0.6 is 0 Å². The fourth-order valence-corrected chi connectivity index (χ4v) is 7.68. The molecule has 298 valence electrons. The molecule has 0 spiro atoms. The molecule has 0 amide bonds. The summed E-state index contributed by atoms with van der Waals surface area (Å²) in [7, 11) is 3.29. The molecule has 1 N–H and O–H groups in total. The number of fused-ring (bicyclic) bond motifs is 8. The first-order chi connectivity index (χ1) is 29.4. The first-order valence-electron chi connectivity index (χ1n) is 20.3. The van der Waals surface area contributed by atoms with Gasteiger partial charge < -0.3 is 39.5 Å². The average Bonchev–Trinajstić information content (AvgIpc) is 4.15. The van der Waals surface area contributed by atoms with Crippen LogP contribution in [0.5, 0.6) is 11.5 Å². The molecular formula is C52H45N5O3Zn. The molecule has 9 heteroatoms. The van der Waals surface area contributed by atoms with E-state index in [2.05, 4.69) is 128 Å². The molecule has 8 bridgehead atoms. The van der Waals surface area contributed by atoms with Gasteiger partial charge in [0.1, 0.15) is 17.5 Å². The molecule has 10 rings (SSSR count). The number of nitrogens with one attached hydrogen (secondary N) is 1. The molecule has 6 heterocycles. The summed E-state index contributed by atoms with van der Waals surface area (Å²) in [5.41, 5.74) is 12.6. The number of ether oxygens (including phenoxy) is 3. The van der Waals surface area contributed by atoms with Gasteiger partial charge in [0.05, 0.1) is 36.6 Å². The van der Waals surface area contributed by atoms with Crippen LogP contribution in [0, 0.1) is 37.6 Å². The molecular weight excluding hydrogens is 808 g/mol. The minimum absolute atomic E-state index is 0. The van der Waals surface area contributed by atoms with Crippen LogP contribution in [0.25, 0.3) is 0 Å². The molecule has 0 radical (unpaired) electrons. The Kier molecular flexibility index (Phi) is 12.4. The zero-order valence-electron chi connectivity index (χ0n) is 34.9. The van der Waals surface area contributed by atoms with E-state index in [1.54, 1.807) is 14.2 Å². The van der Waals surface area contributed by atoms with E-state index in [1.807, 2.05) is 36.4 Å². The van der Waals surface area contributed by atoms with Crippen LogP contribution in [0.2, 0.25) is 0 Å². The van der Waals surface area contributed by atoms with Gasteiger partial charge in [0.15, 0.2) is 0 Å². The van der Waals surface area contributed by atoms with Crippen LogP contribution in [0.4, 0.5) is 5.69 Å². The number of methoxy groups -OCH3 is 2. The Labute approximate surface area is 371 Å².